The highest BCUT2D eigenvalue weighted by molar-refractivity contribution is 5.76. The molecule has 1 amide bonds. The van der Waals surface area contributed by atoms with Crippen molar-refractivity contribution in [2.24, 2.45) is 11.7 Å². The normalized spacial score (nSPS) is 12.3. The molecular formula is C9H16F3NO3. The van der Waals surface area contributed by atoms with Gasteiger partial charge in [-0.15, -0.1) is 0 Å². The summed E-state index contributed by atoms with van der Waals surface area (Å²) >= 11 is 0. The van der Waals surface area contributed by atoms with Gasteiger partial charge in [0.1, 0.15) is 0 Å². The number of hydrogen-bond acceptors (Lipinski definition) is 2. The Bertz CT molecular complexity index is 229. The number of carboxylic acids is 1. The van der Waals surface area contributed by atoms with Crippen molar-refractivity contribution in [2.75, 3.05) is 0 Å². The van der Waals surface area contributed by atoms with Crippen LogP contribution in [-0.2, 0) is 9.59 Å². The predicted molar refractivity (Wildman–Crippen MR) is 51.6 cm³/mol. The van der Waals surface area contributed by atoms with Crippen molar-refractivity contribution in [3.63, 3.8) is 0 Å². The first-order valence-corrected chi connectivity index (χ1v) is 4.72. The molecule has 0 saturated heterocycles. The van der Waals surface area contributed by atoms with Gasteiger partial charge in [0, 0.05) is 5.92 Å². The van der Waals surface area contributed by atoms with Gasteiger partial charge in [0.05, 0.1) is 0 Å². The Morgan fingerprint density at radius 2 is 1.75 bits per heavy atom. The minimum Gasteiger partial charge on any atom is -0.475 e. The molecule has 0 heterocycles. The third kappa shape index (κ3) is 10.8. The Morgan fingerprint density at radius 1 is 1.38 bits per heavy atom. The van der Waals surface area contributed by atoms with Crippen LogP contribution in [0.3, 0.4) is 0 Å². The Hall–Kier alpha value is -1.27. The van der Waals surface area contributed by atoms with E-state index in [-0.39, 0.29) is 11.8 Å². The van der Waals surface area contributed by atoms with Crippen molar-refractivity contribution in [1.82, 2.24) is 0 Å². The van der Waals surface area contributed by atoms with Gasteiger partial charge in [-0.25, -0.2) is 4.79 Å². The van der Waals surface area contributed by atoms with Gasteiger partial charge in [-0.3, -0.25) is 4.79 Å². The molecule has 0 radical (unpaired) electrons. The average molecular weight is 243 g/mol. The highest BCUT2D eigenvalue weighted by Crippen LogP contribution is 2.13. The third-order valence-corrected chi connectivity index (χ3v) is 1.72. The topological polar surface area (TPSA) is 80.4 Å². The lowest BCUT2D eigenvalue weighted by molar-refractivity contribution is -0.192. The zero-order valence-corrected chi connectivity index (χ0v) is 9.17. The van der Waals surface area contributed by atoms with E-state index in [1.807, 2.05) is 6.92 Å². The molecule has 0 fully saturated rings. The maximum atomic E-state index is 10.6. The van der Waals surface area contributed by atoms with Crippen LogP contribution in [0.25, 0.3) is 0 Å². The van der Waals surface area contributed by atoms with Crippen molar-refractivity contribution < 1.29 is 27.9 Å². The first kappa shape index (κ1) is 17.1. The van der Waals surface area contributed by atoms with Gasteiger partial charge >= 0.3 is 12.1 Å². The summed E-state index contributed by atoms with van der Waals surface area (Å²) in [7, 11) is 0. The number of halogens is 3. The molecule has 0 aromatic heterocycles. The molecule has 0 bridgehead atoms. The first-order valence-electron chi connectivity index (χ1n) is 4.72. The molecule has 0 saturated carbocycles. The number of hydrogen-bond donors (Lipinski definition) is 2. The number of nitrogens with two attached hydrogens (primary N) is 1. The van der Waals surface area contributed by atoms with E-state index < -0.39 is 12.1 Å². The molecule has 0 aliphatic carbocycles. The van der Waals surface area contributed by atoms with Crippen LogP contribution in [0.4, 0.5) is 13.2 Å². The largest absolute Gasteiger partial charge is 0.490 e. The molecular weight excluding hydrogens is 227 g/mol. The molecule has 0 rings (SSSR count). The molecule has 1 unspecified atom stereocenters. The second kappa shape index (κ2) is 7.95. The molecule has 7 heteroatoms. The average Bonchev–Trinajstić information content (AvgIpc) is 2.13. The first-order chi connectivity index (χ1) is 7.12. The van der Waals surface area contributed by atoms with Gasteiger partial charge in [0.2, 0.25) is 5.91 Å². The van der Waals surface area contributed by atoms with E-state index in [1.165, 1.54) is 0 Å². The van der Waals surface area contributed by atoms with Crippen LogP contribution in [0.2, 0.25) is 0 Å². The number of primary amides is 1. The van der Waals surface area contributed by atoms with Crippen molar-refractivity contribution >= 4 is 11.9 Å². The van der Waals surface area contributed by atoms with Gasteiger partial charge in [-0.2, -0.15) is 13.2 Å². The fourth-order valence-electron chi connectivity index (χ4n) is 0.653. The van der Waals surface area contributed by atoms with Crippen LogP contribution in [0, 0.1) is 5.92 Å². The summed E-state index contributed by atoms with van der Waals surface area (Å²) in [6.07, 6.45) is -1.91. The summed E-state index contributed by atoms with van der Waals surface area (Å²) < 4.78 is 31.7. The number of carbonyl (C=O) groups is 2. The minimum atomic E-state index is -5.08. The summed E-state index contributed by atoms with van der Waals surface area (Å²) in [5.74, 6) is -2.87. The molecule has 0 aliphatic heterocycles. The Morgan fingerprint density at radius 3 is 1.94 bits per heavy atom. The van der Waals surface area contributed by atoms with E-state index in [0.717, 1.165) is 19.3 Å². The van der Waals surface area contributed by atoms with Gasteiger partial charge in [-0.1, -0.05) is 26.7 Å². The van der Waals surface area contributed by atoms with E-state index in [4.69, 9.17) is 15.6 Å². The Balaban J connectivity index is 0. The standard InChI is InChI=1S/C7H15NO.C2HF3O2/c1-3-4-5-6(2)7(8)9;3-2(4,5)1(6)7/h6H,3-5H2,1-2H3,(H2,8,9);(H,6,7). The number of aliphatic carboxylic acids is 1. The van der Waals surface area contributed by atoms with Crippen molar-refractivity contribution in [3.8, 4) is 0 Å². The Kier molecular flexibility index (Phi) is 8.51. The van der Waals surface area contributed by atoms with Crippen LogP contribution < -0.4 is 5.73 Å². The number of carbonyl (C=O) groups excluding carboxylic acids is 1. The third-order valence-electron chi connectivity index (χ3n) is 1.72. The van der Waals surface area contributed by atoms with E-state index in [0.29, 0.717) is 0 Å². The molecule has 3 N–H and O–H groups in total. The molecule has 0 aromatic rings. The van der Waals surface area contributed by atoms with Crippen LogP contribution >= 0.6 is 0 Å². The molecule has 4 nitrogen and oxygen atoms in total. The SMILES string of the molecule is CCCCC(C)C(N)=O.O=C(O)C(F)(F)F. The fraction of sp³-hybridized carbons (Fsp3) is 0.778. The maximum Gasteiger partial charge on any atom is 0.490 e. The van der Waals surface area contributed by atoms with Crippen LogP contribution in [-0.4, -0.2) is 23.2 Å². The maximum absolute atomic E-state index is 10.6. The number of rotatable bonds is 4. The number of alkyl halides is 3. The summed E-state index contributed by atoms with van der Waals surface area (Å²) in [6, 6.07) is 0. The zero-order chi connectivity index (χ0) is 13.4. The lowest BCUT2D eigenvalue weighted by Gasteiger charge is -2.03. The van der Waals surface area contributed by atoms with Crippen LogP contribution in [0.1, 0.15) is 33.1 Å². The van der Waals surface area contributed by atoms with Crippen molar-refractivity contribution in [3.05, 3.63) is 0 Å². The van der Waals surface area contributed by atoms with Crippen LogP contribution in [0.5, 0.6) is 0 Å². The van der Waals surface area contributed by atoms with Gasteiger partial charge in [0.25, 0.3) is 0 Å². The fourth-order valence-corrected chi connectivity index (χ4v) is 0.653. The molecule has 1 atom stereocenters. The number of unbranched alkanes of at least 4 members (excludes halogenated alkanes) is 1. The summed E-state index contributed by atoms with van der Waals surface area (Å²) in [6.45, 7) is 3.98. The molecule has 0 aromatic carbocycles. The smallest absolute Gasteiger partial charge is 0.475 e. The minimum absolute atomic E-state index is 0.0601. The summed E-state index contributed by atoms with van der Waals surface area (Å²) in [4.78, 5) is 19.3. The van der Waals surface area contributed by atoms with Gasteiger partial charge < -0.3 is 10.8 Å². The van der Waals surface area contributed by atoms with Gasteiger partial charge in [-0.05, 0) is 6.42 Å². The predicted octanol–water partition coefficient (Wildman–Crippen LogP) is 1.93. The lowest BCUT2D eigenvalue weighted by Crippen LogP contribution is -2.21. The van der Waals surface area contributed by atoms with Crippen molar-refractivity contribution in [2.45, 2.75) is 39.3 Å². The zero-order valence-electron chi connectivity index (χ0n) is 9.17. The number of carboxylic acid groups (broad SMARTS) is 1. The quantitative estimate of drug-likeness (QED) is 0.791. The molecule has 0 spiro atoms. The molecule has 96 valence electrons. The summed E-state index contributed by atoms with van der Waals surface area (Å²) in [5, 5.41) is 7.12. The second-order valence-corrected chi connectivity index (χ2v) is 3.25. The highest BCUT2D eigenvalue weighted by Gasteiger charge is 2.38. The van der Waals surface area contributed by atoms with E-state index in [2.05, 4.69) is 6.92 Å². The second-order valence-electron chi connectivity index (χ2n) is 3.25. The lowest BCUT2D eigenvalue weighted by atomic mass is 10.0. The van der Waals surface area contributed by atoms with E-state index in [1.54, 1.807) is 0 Å². The van der Waals surface area contributed by atoms with Gasteiger partial charge in [0.15, 0.2) is 0 Å². The van der Waals surface area contributed by atoms with Crippen LogP contribution in [0.15, 0.2) is 0 Å². The highest BCUT2D eigenvalue weighted by atomic mass is 19.4. The van der Waals surface area contributed by atoms with E-state index in [9.17, 15) is 18.0 Å². The van der Waals surface area contributed by atoms with Crippen molar-refractivity contribution in [1.29, 1.82) is 0 Å². The molecule has 0 aliphatic rings. The monoisotopic (exact) mass is 243 g/mol. The van der Waals surface area contributed by atoms with E-state index >= 15 is 0 Å². The number of amides is 1. The molecule has 16 heavy (non-hydrogen) atoms. The Labute approximate surface area is 91.6 Å². The summed E-state index contributed by atoms with van der Waals surface area (Å²) in [5.41, 5.74) is 5.04.